The van der Waals surface area contributed by atoms with E-state index in [0.717, 1.165) is 0 Å². The zero-order valence-corrected chi connectivity index (χ0v) is 7.78. The van der Waals surface area contributed by atoms with Gasteiger partial charge in [-0.25, -0.2) is 0 Å². The van der Waals surface area contributed by atoms with Crippen LogP contribution in [-0.2, 0) is 62.3 Å². The van der Waals surface area contributed by atoms with Crippen LogP contribution in [0.5, 0.6) is 0 Å². The predicted molar refractivity (Wildman–Crippen MR) is 3.83 cm³/mol. The van der Waals surface area contributed by atoms with E-state index in [1.807, 2.05) is 0 Å². The standard InChI is InChI=1S/2Cr.Mn.7O/q;;+2;;;;;;2*-1. The third kappa shape index (κ3) is 11.5. The van der Waals surface area contributed by atoms with Crippen molar-refractivity contribution < 1.29 is 70.7 Å². The summed E-state index contributed by atoms with van der Waals surface area (Å²) in [5, 5.41) is 0. The van der Waals surface area contributed by atoms with Crippen LogP contribution in [0, 0.1) is 0 Å². The molecule has 1 radical (unpaired) electrons. The minimum absolute atomic E-state index is 0. The summed E-state index contributed by atoms with van der Waals surface area (Å²) in [6, 6.07) is 0. The fourth-order valence-electron chi connectivity index (χ4n) is 0.102. The van der Waals surface area contributed by atoms with Crippen LogP contribution in [0.1, 0.15) is 0 Å². The summed E-state index contributed by atoms with van der Waals surface area (Å²) in [5.41, 5.74) is 0. The summed E-state index contributed by atoms with van der Waals surface area (Å²) in [5.74, 6) is 0. The number of hydrogen-bond acceptors (Lipinski definition) is 7. The first kappa shape index (κ1) is 13.3. The molecule has 0 aromatic carbocycles. The number of rotatable bonds is 2. The Hall–Kier alpha value is 0.664. The fraction of sp³-hybridized carbons (Fsp3) is 0. The van der Waals surface area contributed by atoms with Crippen molar-refractivity contribution in [3.63, 3.8) is 0 Å². The molecule has 0 aromatic heterocycles. The van der Waals surface area contributed by atoms with E-state index in [4.69, 9.17) is 0 Å². The zero-order valence-electron chi connectivity index (χ0n) is 4.05. The molecule has 0 spiro atoms. The normalized spacial score (nSPS) is 12.2. The van der Waals surface area contributed by atoms with Crippen LogP contribution < -0.4 is 8.32 Å². The van der Waals surface area contributed by atoms with Crippen molar-refractivity contribution in [2.45, 2.75) is 0 Å². The molecule has 10 heteroatoms. The topological polar surface area (TPSA) is 124 Å². The molecule has 0 N–H and O–H groups in total. The first-order chi connectivity index (χ1) is 3.71. The molecule has 0 heterocycles. The molecule has 0 aliphatic heterocycles. The van der Waals surface area contributed by atoms with Gasteiger partial charge < -0.3 is 0 Å². The Bertz CT molecular complexity index is 237. The molecule has 0 aliphatic carbocycles. The van der Waals surface area contributed by atoms with Crippen molar-refractivity contribution >= 4 is 0 Å². The van der Waals surface area contributed by atoms with Crippen molar-refractivity contribution in [3.05, 3.63) is 0 Å². The van der Waals surface area contributed by atoms with Crippen LogP contribution in [0.3, 0.4) is 0 Å². The molecular weight excluding hydrogens is 271 g/mol. The second kappa shape index (κ2) is 3.89. The predicted octanol–water partition coefficient (Wildman–Crippen LogP) is -2.93. The van der Waals surface area contributed by atoms with Crippen molar-refractivity contribution in [2.75, 3.05) is 0 Å². The van der Waals surface area contributed by atoms with E-state index >= 15 is 0 Å². The molecular formula is Cr2MnO7. The van der Waals surface area contributed by atoms with Gasteiger partial charge in [0.1, 0.15) is 0 Å². The van der Waals surface area contributed by atoms with Gasteiger partial charge in [-0.05, 0) is 0 Å². The van der Waals surface area contributed by atoms with Gasteiger partial charge in [0.25, 0.3) is 0 Å². The van der Waals surface area contributed by atoms with Crippen LogP contribution in [0.25, 0.3) is 0 Å². The van der Waals surface area contributed by atoms with E-state index in [2.05, 4.69) is 2.84 Å². The summed E-state index contributed by atoms with van der Waals surface area (Å²) >= 11 is -12.1. The van der Waals surface area contributed by atoms with Gasteiger partial charge in [0.15, 0.2) is 0 Å². The third-order valence-electron chi connectivity index (χ3n) is 0.167. The van der Waals surface area contributed by atoms with E-state index in [9.17, 15) is 23.5 Å². The van der Waals surface area contributed by atoms with Gasteiger partial charge in [-0.3, -0.25) is 0 Å². The second-order valence-electron chi connectivity index (χ2n) is 0.885. The van der Waals surface area contributed by atoms with Crippen LogP contribution in [0.4, 0.5) is 0 Å². The summed E-state index contributed by atoms with van der Waals surface area (Å²) in [6.07, 6.45) is 0. The molecule has 0 aromatic rings. The maximum atomic E-state index is 9.38. The SMILES string of the molecule is [Mn+2].[O]=[Cr](=[O])([O-])[O][Cr](=[O])(=[O])[O-]. The minimum atomic E-state index is -6.07. The summed E-state index contributed by atoms with van der Waals surface area (Å²) in [6.45, 7) is 0. The number of hydrogen-bond donors (Lipinski definition) is 0. The summed E-state index contributed by atoms with van der Waals surface area (Å²) in [7, 11) is 0. The van der Waals surface area contributed by atoms with Crippen molar-refractivity contribution in [1.82, 2.24) is 0 Å². The van der Waals surface area contributed by atoms with Crippen LogP contribution >= 0.6 is 0 Å². The van der Waals surface area contributed by atoms with E-state index in [1.54, 1.807) is 0 Å². The van der Waals surface area contributed by atoms with E-state index in [-0.39, 0.29) is 17.1 Å². The molecule has 61 valence electrons. The van der Waals surface area contributed by atoms with Crippen molar-refractivity contribution in [3.8, 4) is 0 Å². The van der Waals surface area contributed by atoms with Crippen molar-refractivity contribution in [2.24, 2.45) is 0 Å². The molecule has 7 nitrogen and oxygen atoms in total. The Balaban J connectivity index is 0. The van der Waals surface area contributed by atoms with Crippen LogP contribution in [0.15, 0.2) is 0 Å². The molecule has 0 saturated heterocycles. The van der Waals surface area contributed by atoms with E-state index < -0.39 is 27.2 Å². The first-order valence-corrected chi connectivity index (χ1v) is 5.50. The molecule has 0 rings (SSSR count). The zero-order chi connectivity index (χ0) is 7.71. The van der Waals surface area contributed by atoms with E-state index in [0.29, 0.717) is 0 Å². The molecule has 0 unspecified atom stereocenters. The first-order valence-electron chi connectivity index (χ1n) is 1.33. The Kier molecular flexibility index (Phi) is 5.16. The Morgan fingerprint density at radius 2 is 1.10 bits per heavy atom. The Labute approximate surface area is 70.6 Å². The van der Waals surface area contributed by atoms with Crippen molar-refractivity contribution in [1.29, 1.82) is 0 Å². The van der Waals surface area contributed by atoms with Gasteiger partial charge >= 0.3 is 70.7 Å². The van der Waals surface area contributed by atoms with Gasteiger partial charge in [0, 0.05) is 0 Å². The van der Waals surface area contributed by atoms with Gasteiger partial charge in [-0.2, -0.15) is 0 Å². The Morgan fingerprint density at radius 1 is 0.900 bits per heavy atom. The molecule has 0 aliphatic rings. The maximum absolute atomic E-state index is 9.38. The Morgan fingerprint density at radius 3 is 1.10 bits per heavy atom. The van der Waals surface area contributed by atoms with E-state index in [1.165, 1.54) is 0 Å². The third-order valence-corrected chi connectivity index (χ3v) is 2.83. The second-order valence-corrected chi connectivity index (χ2v) is 4.52. The summed E-state index contributed by atoms with van der Waals surface area (Å²) < 4.78 is 58.9. The molecule has 0 amide bonds. The molecule has 0 fully saturated rings. The monoisotopic (exact) mass is 271 g/mol. The van der Waals surface area contributed by atoms with Crippen LogP contribution in [-0.4, -0.2) is 0 Å². The molecule has 0 atom stereocenters. The quantitative estimate of drug-likeness (QED) is 0.492. The molecule has 10 heavy (non-hydrogen) atoms. The van der Waals surface area contributed by atoms with Gasteiger partial charge in [0.2, 0.25) is 0 Å². The fourth-order valence-corrected chi connectivity index (χ4v) is 1.74. The summed E-state index contributed by atoms with van der Waals surface area (Å²) in [4.78, 5) is 0. The van der Waals surface area contributed by atoms with Crippen LogP contribution in [0.2, 0.25) is 0 Å². The molecule has 0 saturated carbocycles. The molecule has 0 bridgehead atoms. The van der Waals surface area contributed by atoms with Gasteiger partial charge in [0.05, 0.1) is 0 Å². The van der Waals surface area contributed by atoms with Gasteiger partial charge in [-0.15, -0.1) is 0 Å². The average molecular weight is 271 g/mol. The van der Waals surface area contributed by atoms with Gasteiger partial charge in [-0.1, -0.05) is 0 Å². The average Bonchev–Trinajstić information content (AvgIpc) is 1.14.